The molecular weight excluding hydrogens is 518 g/mol. The van der Waals surface area contributed by atoms with Crippen molar-refractivity contribution in [1.29, 1.82) is 0 Å². The highest BCUT2D eigenvalue weighted by molar-refractivity contribution is 5.68. The Bertz CT molecular complexity index is 1120. The molecule has 0 amide bonds. The first-order valence-corrected chi connectivity index (χ1v) is 14.4. The molecule has 0 bridgehead atoms. The summed E-state index contributed by atoms with van der Waals surface area (Å²) in [5, 5.41) is 12.3. The quantitative estimate of drug-likeness (QED) is 0.396. The van der Waals surface area contributed by atoms with Gasteiger partial charge < -0.3 is 33.7 Å². The summed E-state index contributed by atoms with van der Waals surface area (Å²) in [6.45, 7) is 7.57. The Morgan fingerprint density at radius 1 is 1.02 bits per heavy atom. The molecule has 2 saturated carbocycles. The van der Waals surface area contributed by atoms with Crippen LogP contribution in [0.5, 0.6) is 0 Å². The summed E-state index contributed by atoms with van der Waals surface area (Å²) >= 11 is 0. The average molecular weight is 562 g/mol. The van der Waals surface area contributed by atoms with E-state index >= 15 is 0 Å². The monoisotopic (exact) mass is 561 g/mol. The summed E-state index contributed by atoms with van der Waals surface area (Å²) in [6.07, 6.45) is 3.93. The number of carbonyl (C=O) groups excluding carboxylic acids is 3. The highest BCUT2D eigenvalue weighted by Gasteiger charge is 2.65. The van der Waals surface area contributed by atoms with E-state index in [1.807, 2.05) is 25.1 Å². The van der Waals surface area contributed by atoms with Crippen molar-refractivity contribution in [3.63, 3.8) is 0 Å². The van der Waals surface area contributed by atoms with E-state index in [1.54, 1.807) is 0 Å². The van der Waals surface area contributed by atoms with Crippen molar-refractivity contribution in [2.75, 3.05) is 33.9 Å². The second-order valence-electron chi connectivity index (χ2n) is 12.6. The number of fused-ring (bicyclic) bond motifs is 4. The van der Waals surface area contributed by atoms with Gasteiger partial charge in [-0.05, 0) is 57.7 Å². The van der Waals surface area contributed by atoms with Crippen molar-refractivity contribution < 1.29 is 43.2 Å². The number of allylic oxidation sites excluding steroid dienone is 2. The van der Waals surface area contributed by atoms with Crippen molar-refractivity contribution in [2.24, 2.45) is 17.3 Å². The van der Waals surface area contributed by atoms with Gasteiger partial charge in [-0.15, -0.1) is 0 Å². The molecule has 5 aliphatic rings. The van der Waals surface area contributed by atoms with Gasteiger partial charge in [0, 0.05) is 44.1 Å². The van der Waals surface area contributed by atoms with Crippen LogP contribution in [0, 0.1) is 17.3 Å². The molecule has 0 aromatic heterocycles. The molecule has 1 N–H and O–H groups in total. The standard InChI is InChI=1S/C30H43NO9/c1-17(32)36-16-20-14-28(4)23(8-10-30(28)37-11-12-38-30)21-7-9-29(35)15-25(31(5)6)27(40-19(3)34)26(39-18(2)33)24(29)13-22(20)21/h13,20,23,25-27,35H,7-12,14-16H2,1-6H3/t20?,23-,25-,26+,27+,28-,29+/m0/s1. The third kappa shape index (κ3) is 4.80. The smallest absolute Gasteiger partial charge is 0.303 e. The van der Waals surface area contributed by atoms with Crippen LogP contribution in [0.15, 0.2) is 22.8 Å². The normalized spacial score (nSPS) is 38.2. The molecule has 0 aromatic carbocycles. The molecule has 0 radical (unpaired) electrons. The van der Waals surface area contributed by atoms with E-state index in [-0.39, 0.29) is 35.9 Å². The maximum absolute atomic E-state index is 12.4. The van der Waals surface area contributed by atoms with Gasteiger partial charge in [-0.3, -0.25) is 14.4 Å². The maximum atomic E-state index is 12.4. The summed E-state index contributed by atoms with van der Waals surface area (Å²) in [4.78, 5) is 38.4. The second kappa shape index (κ2) is 10.5. The molecule has 10 nitrogen and oxygen atoms in total. The Morgan fingerprint density at radius 2 is 1.70 bits per heavy atom. The number of esters is 3. The lowest BCUT2D eigenvalue weighted by atomic mass is 9.60. The topological polar surface area (TPSA) is 121 Å². The Kier molecular flexibility index (Phi) is 7.70. The molecule has 1 aliphatic heterocycles. The van der Waals surface area contributed by atoms with Crippen LogP contribution in [0.4, 0.5) is 0 Å². The van der Waals surface area contributed by atoms with Gasteiger partial charge >= 0.3 is 17.9 Å². The number of hydrogen-bond donors (Lipinski definition) is 1. The molecule has 40 heavy (non-hydrogen) atoms. The SMILES string of the molecule is CC(=O)OCC1C[C@@]2(C)[C@@H](CCC23OCCO3)C2=C1C=C1[C@@H](OC(C)=O)[C@H](OC(C)=O)[C@@H](N(C)C)C[C@]1(O)CC2. The zero-order valence-corrected chi connectivity index (χ0v) is 24.5. The van der Waals surface area contributed by atoms with Crippen LogP contribution in [0.2, 0.25) is 0 Å². The molecule has 1 unspecified atom stereocenters. The van der Waals surface area contributed by atoms with E-state index in [4.69, 9.17) is 23.7 Å². The highest BCUT2D eigenvalue weighted by atomic mass is 16.7. The summed E-state index contributed by atoms with van der Waals surface area (Å²) in [7, 11) is 3.73. The van der Waals surface area contributed by atoms with Crippen molar-refractivity contribution >= 4 is 17.9 Å². The van der Waals surface area contributed by atoms with E-state index in [1.165, 1.54) is 26.3 Å². The number of aliphatic hydroxyl groups is 1. The van der Waals surface area contributed by atoms with Crippen molar-refractivity contribution in [3.8, 4) is 0 Å². The molecular formula is C30H43NO9. The van der Waals surface area contributed by atoms with Gasteiger partial charge in [-0.1, -0.05) is 18.6 Å². The predicted molar refractivity (Wildman–Crippen MR) is 143 cm³/mol. The van der Waals surface area contributed by atoms with Gasteiger partial charge in [-0.2, -0.15) is 0 Å². The Labute approximate surface area is 236 Å². The number of hydrogen-bond acceptors (Lipinski definition) is 10. The van der Waals surface area contributed by atoms with Gasteiger partial charge in [0.2, 0.25) is 0 Å². The average Bonchev–Trinajstić information content (AvgIpc) is 3.41. The number of ether oxygens (including phenoxy) is 5. The molecule has 5 rings (SSSR count). The van der Waals surface area contributed by atoms with Gasteiger partial charge in [0.25, 0.3) is 0 Å². The highest BCUT2D eigenvalue weighted by Crippen LogP contribution is 2.64. The van der Waals surface area contributed by atoms with Crippen LogP contribution in [-0.4, -0.2) is 91.5 Å². The van der Waals surface area contributed by atoms with Gasteiger partial charge in [0.15, 0.2) is 18.0 Å². The Morgan fingerprint density at radius 3 is 2.30 bits per heavy atom. The van der Waals surface area contributed by atoms with Crippen LogP contribution in [0.25, 0.3) is 0 Å². The first kappa shape index (κ1) is 29.2. The molecule has 0 aromatic rings. The number of likely N-dealkylation sites (N-methyl/N-ethyl adjacent to an activating group) is 1. The molecule has 1 spiro atoms. The molecule has 1 heterocycles. The molecule has 7 atom stereocenters. The minimum absolute atomic E-state index is 0.163. The fourth-order valence-electron chi connectivity index (χ4n) is 8.28. The fourth-order valence-corrected chi connectivity index (χ4v) is 8.28. The van der Waals surface area contributed by atoms with Crippen LogP contribution < -0.4 is 0 Å². The van der Waals surface area contributed by atoms with E-state index in [9.17, 15) is 19.5 Å². The first-order valence-electron chi connectivity index (χ1n) is 14.4. The summed E-state index contributed by atoms with van der Waals surface area (Å²) in [5.74, 6) is -2.05. The van der Waals surface area contributed by atoms with Crippen LogP contribution in [0.3, 0.4) is 0 Å². The lowest BCUT2D eigenvalue weighted by Gasteiger charge is -2.49. The van der Waals surface area contributed by atoms with Gasteiger partial charge in [0.1, 0.15) is 0 Å². The lowest BCUT2D eigenvalue weighted by Crippen LogP contribution is -2.60. The van der Waals surface area contributed by atoms with Crippen LogP contribution in [0.1, 0.15) is 66.2 Å². The van der Waals surface area contributed by atoms with Crippen LogP contribution in [-0.2, 0) is 38.1 Å². The van der Waals surface area contributed by atoms with Crippen molar-refractivity contribution in [3.05, 3.63) is 22.8 Å². The van der Waals surface area contributed by atoms with Crippen molar-refractivity contribution in [1.82, 2.24) is 4.90 Å². The van der Waals surface area contributed by atoms with Crippen LogP contribution >= 0.6 is 0 Å². The summed E-state index contributed by atoms with van der Waals surface area (Å²) in [6, 6.07) is -0.373. The zero-order valence-electron chi connectivity index (χ0n) is 24.5. The first-order chi connectivity index (χ1) is 18.8. The minimum atomic E-state index is -1.29. The minimum Gasteiger partial charge on any atom is -0.465 e. The molecule has 3 fully saturated rings. The third-order valence-electron chi connectivity index (χ3n) is 9.99. The van der Waals surface area contributed by atoms with Crippen molar-refractivity contribution in [2.45, 2.75) is 95.9 Å². The predicted octanol–water partition coefficient (Wildman–Crippen LogP) is 2.67. The molecule has 10 heteroatoms. The van der Waals surface area contributed by atoms with Gasteiger partial charge in [0.05, 0.1) is 31.5 Å². The third-order valence-corrected chi connectivity index (χ3v) is 9.99. The Balaban J connectivity index is 1.64. The number of carbonyl (C=O) groups is 3. The fraction of sp³-hybridized carbons (Fsp3) is 0.767. The maximum Gasteiger partial charge on any atom is 0.303 e. The molecule has 4 aliphatic carbocycles. The summed E-state index contributed by atoms with van der Waals surface area (Å²) in [5.41, 5.74) is 1.14. The van der Waals surface area contributed by atoms with Gasteiger partial charge in [-0.25, -0.2) is 0 Å². The zero-order chi connectivity index (χ0) is 29.0. The molecule has 222 valence electrons. The van der Waals surface area contributed by atoms with E-state index in [0.29, 0.717) is 44.5 Å². The van der Waals surface area contributed by atoms with E-state index < -0.39 is 35.5 Å². The largest absolute Gasteiger partial charge is 0.465 e. The van der Waals surface area contributed by atoms with E-state index in [0.717, 1.165) is 18.4 Å². The number of rotatable bonds is 5. The van der Waals surface area contributed by atoms with E-state index in [2.05, 4.69) is 6.92 Å². The summed E-state index contributed by atoms with van der Waals surface area (Å²) < 4.78 is 29.8. The lowest BCUT2D eigenvalue weighted by molar-refractivity contribution is -0.229. The Hall–Kier alpha value is -2.27. The number of nitrogens with zero attached hydrogens (tertiary/aromatic N) is 1. The second-order valence-corrected chi connectivity index (χ2v) is 12.6. The molecule has 1 saturated heterocycles.